The standard InChI is InChI=1S/C15H12N2S/c16-13-7-8-17-15(10-13)18-14-6-5-11-3-1-2-4-12(11)9-14/h1-10H,(H2,16,17). The van der Waals surface area contributed by atoms with Crippen LogP contribution in [-0.2, 0) is 0 Å². The third kappa shape index (κ3) is 2.31. The van der Waals surface area contributed by atoms with Crippen molar-refractivity contribution in [3.8, 4) is 0 Å². The van der Waals surface area contributed by atoms with Crippen LogP contribution in [0.2, 0.25) is 0 Å². The van der Waals surface area contributed by atoms with E-state index in [1.807, 2.05) is 6.07 Å². The molecular formula is C15H12N2S. The minimum atomic E-state index is 0.744. The number of hydrogen-bond acceptors (Lipinski definition) is 3. The van der Waals surface area contributed by atoms with Crippen LogP contribution in [0.5, 0.6) is 0 Å². The van der Waals surface area contributed by atoms with Gasteiger partial charge in [0.25, 0.3) is 0 Å². The highest BCUT2D eigenvalue weighted by Crippen LogP contribution is 2.29. The monoisotopic (exact) mass is 252 g/mol. The second-order valence-electron chi connectivity index (χ2n) is 4.04. The van der Waals surface area contributed by atoms with Crippen molar-refractivity contribution in [2.24, 2.45) is 0 Å². The molecule has 88 valence electrons. The Morgan fingerprint density at radius 1 is 0.889 bits per heavy atom. The van der Waals surface area contributed by atoms with Gasteiger partial charge < -0.3 is 5.73 Å². The van der Waals surface area contributed by atoms with E-state index in [0.717, 1.165) is 10.7 Å². The second-order valence-corrected chi connectivity index (χ2v) is 5.13. The molecular weight excluding hydrogens is 240 g/mol. The number of pyridine rings is 1. The Balaban J connectivity index is 1.95. The Morgan fingerprint density at radius 2 is 1.72 bits per heavy atom. The first-order chi connectivity index (χ1) is 8.81. The molecule has 3 rings (SSSR count). The highest BCUT2D eigenvalue weighted by molar-refractivity contribution is 7.99. The molecule has 0 amide bonds. The van der Waals surface area contributed by atoms with Crippen molar-refractivity contribution in [3.63, 3.8) is 0 Å². The summed E-state index contributed by atoms with van der Waals surface area (Å²) in [4.78, 5) is 5.47. The minimum Gasteiger partial charge on any atom is -0.399 e. The minimum absolute atomic E-state index is 0.744. The van der Waals surface area contributed by atoms with Gasteiger partial charge in [0.15, 0.2) is 0 Å². The van der Waals surface area contributed by atoms with Gasteiger partial charge in [-0.05, 0) is 35.0 Å². The van der Waals surface area contributed by atoms with Gasteiger partial charge in [-0.15, -0.1) is 0 Å². The number of nitrogens with two attached hydrogens (primary N) is 1. The van der Waals surface area contributed by atoms with E-state index in [2.05, 4.69) is 47.4 Å². The summed E-state index contributed by atoms with van der Waals surface area (Å²) in [7, 11) is 0. The molecule has 2 nitrogen and oxygen atoms in total. The summed E-state index contributed by atoms with van der Waals surface area (Å²) in [5.74, 6) is 0. The number of anilines is 1. The molecule has 18 heavy (non-hydrogen) atoms. The Kier molecular flexibility index (Phi) is 2.90. The number of nitrogen functional groups attached to an aromatic ring is 1. The van der Waals surface area contributed by atoms with Crippen LogP contribution >= 0.6 is 11.8 Å². The summed E-state index contributed by atoms with van der Waals surface area (Å²) in [6.07, 6.45) is 1.73. The Morgan fingerprint density at radius 3 is 2.56 bits per heavy atom. The molecule has 0 fully saturated rings. The maximum absolute atomic E-state index is 5.75. The van der Waals surface area contributed by atoms with E-state index in [-0.39, 0.29) is 0 Å². The molecule has 2 N–H and O–H groups in total. The van der Waals surface area contributed by atoms with Crippen molar-refractivity contribution in [1.82, 2.24) is 4.98 Å². The molecule has 1 aromatic heterocycles. The first kappa shape index (κ1) is 11.1. The van der Waals surface area contributed by atoms with Gasteiger partial charge in [-0.3, -0.25) is 0 Å². The van der Waals surface area contributed by atoms with E-state index in [9.17, 15) is 0 Å². The van der Waals surface area contributed by atoms with Crippen molar-refractivity contribution < 1.29 is 0 Å². The van der Waals surface area contributed by atoms with Gasteiger partial charge in [-0.1, -0.05) is 42.1 Å². The van der Waals surface area contributed by atoms with Crippen molar-refractivity contribution in [1.29, 1.82) is 0 Å². The van der Waals surface area contributed by atoms with Crippen LogP contribution in [0.4, 0.5) is 5.69 Å². The molecule has 0 aliphatic heterocycles. The maximum atomic E-state index is 5.75. The van der Waals surface area contributed by atoms with Crippen LogP contribution in [0.15, 0.2) is 70.7 Å². The lowest BCUT2D eigenvalue weighted by atomic mass is 10.1. The van der Waals surface area contributed by atoms with Crippen LogP contribution < -0.4 is 5.73 Å². The van der Waals surface area contributed by atoms with Crippen LogP contribution in [0, 0.1) is 0 Å². The van der Waals surface area contributed by atoms with Gasteiger partial charge in [0.05, 0.1) is 0 Å². The summed E-state index contributed by atoms with van der Waals surface area (Å²) in [6.45, 7) is 0. The highest BCUT2D eigenvalue weighted by atomic mass is 32.2. The van der Waals surface area contributed by atoms with E-state index >= 15 is 0 Å². The van der Waals surface area contributed by atoms with Crippen molar-refractivity contribution >= 4 is 28.2 Å². The molecule has 0 bridgehead atoms. The molecule has 0 saturated carbocycles. The average molecular weight is 252 g/mol. The Bertz CT molecular complexity index is 695. The normalized spacial score (nSPS) is 10.7. The number of benzene rings is 2. The molecule has 0 unspecified atom stereocenters. The summed E-state index contributed by atoms with van der Waals surface area (Å²) >= 11 is 1.63. The summed E-state index contributed by atoms with van der Waals surface area (Å²) < 4.78 is 0. The molecule has 1 heterocycles. The predicted octanol–water partition coefficient (Wildman–Crippen LogP) is 3.97. The zero-order valence-corrected chi connectivity index (χ0v) is 10.5. The lowest BCUT2D eigenvalue weighted by Crippen LogP contribution is -1.86. The van der Waals surface area contributed by atoms with Crippen molar-refractivity contribution in [2.75, 3.05) is 5.73 Å². The zero-order valence-electron chi connectivity index (χ0n) is 9.71. The number of rotatable bonds is 2. The smallest absolute Gasteiger partial charge is 0.103 e. The molecule has 3 aromatic rings. The first-order valence-corrected chi connectivity index (χ1v) is 6.51. The van der Waals surface area contributed by atoms with Crippen molar-refractivity contribution in [3.05, 3.63) is 60.8 Å². The zero-order chi connectivity index (χ0) is 12.4. The summed E-state index contributed by atoms with van der Waals surface area (Å²) in [6, 6.07) is 18.4. The van der Waals surface area contributed by atoms with Crippen LogP contribution in [0.1, 0.15) is 0 Å². The number of fused-ring (bicyclic) bond motifs is 1. The quantitative estimate of drug-likeness (QED) is 0.750. The fourth-order valence-corrected chi connectivity index (χ4v) is 2.70. The first-order valence-electron chi connectivity index (χ1n) is 5.69. The topological polar surface area (TPSA) is 38.9 Å². The molecule has 3 heteroatoms. The lowest BCUT2D eigenvalue weighted by molar-refractivity contribution is 1.14. The van der Waals surface area contributed by atoms with E-state index in [0.29, 0.717) is 0 Å². The van der Waals surface area contributed by atoms with Crippen LogP contribution in [0.25, 0.3) is 10.8 Å². The summed E-state index contributed by atoms with van der Waals surface area (Å²) in [5.41, 5.74) is 6.49. The Labute approximate surface area is 110 Å². The van der Waals surface area contributed by atoms with Gasteiger partial charge >= 0.3 is 0 Å². The molecule has 0 atom stereocenters. The predicted molar refractivity (Wildman–Crippen MR) is 76.7 cm³/mol. The number of nitrogens with zero attached hydrogens (tertiary/aromatic N) is 1. The SMILES string of the molecule is Nc1ccnc(Sc2ccc3ccccc3c2)c1. The fourth-order valence-electron chi connectivity index (χ4n) is 1.83. The number of aromatic nitrogens is 1. The largest absolute Gasteiger partial charge is 0.399 e. The highest BCUT2D eigenvalue weighted by Gasteiger charge is 2.00. The van der Waals surface area contributed by atoms with Gasteiger partial charge in [-0.2, -0.15) is 0 Å². The van der Waals surface area contributed by atoms with Gasteiger partial charge in [0, 0.05) is 16.8 Å². The van der Waals surface area contributed by atoms with Gasteiger partial charge in [0.1, 0.15) is 5.03 Å². The van der Waals surface area contributed by atoms with Crippen LogP contribution in [-0.4, -0.2) is 4.98 Å². The third-order valence-electron chi connectivity index (χ3n) is 2.70. The molecule has 0 aliphatic carbocycles. The van der Waals surface area contributed by atoms with Gasteiger partial charge in [0.2, 0.25) is 0 Å². The Hall–Kier alpha value is -2.00. The molecule has 0 spiro atoms. The third-order valence-corrected chi connectivity index (χ3v) is 3.62. The maximum Gasteiger partial charge on any atom is 0.103 e. The second kappa shape index (κ2) is 4.70. The molecule has 0 aliphatic rings. The molecule has 2 aromatic carbocycles. The average Bonchev–Trinajstić information content (AvgIpc) is 2.39. The number of hydrogen-bond donors (Lipinski definition) is 1. The van der Waals surface area contributed by atoms with E-state index in [1.54, 1.807) is 24.0 Å². The molecule has 0 radical (unpaired) electrons. The summed E-state index contributed by atoms with van der Waals surface area (Å²) in [5, 5.41) is 3.42. The van der Waals surface area contributed by atoms with E-state index < -0.39 is 0 Å². The lowest BCUT2D eigenvalue weighted by Gasteiger charge is -2.03. The van der Waals surface area contributed by atoms with Crippen LogP contribution in [0.3, 0.4) is 0 Å². The van der Waals surface area contributed by atoms with E-state index in [4.69, 9.17) is 5.73 Å². The van der Waals surface area contributed by atoms with Crippen molar-refractivity contribution in [2.45, 2.75) is 9.92 Å². The van der Waals surface area contributed by atoms with Gasteiger partial charge in [-0.25, -0.2) is 4.98 Å². The fraction of sp³-hybridized carbons (Fsp3) is 0. The van der Waals surface area contributed by atoms with E-state index in [1.165, 1.54) is 15.7 Å². The molecule has 0 saturated heterocycles.